The number of amides is 1. The van der Waals surface area contributed by atoms with E-state index in [1.165, 1.54) is 5.56 Å². The molecule has 2 aliphatic rings. The Hall–Kier alpha value is -3.95. The number of carboxylic acid groups (broad SMARTS) is 2. The lowest BCUT2D eigenvalue weighted by molar-refractivity contribution is -0.147. The molecule has 2 atom stereocenters. The van der Waals surface area contributed by atoms with Crippen LogP contribution in [0.4, 0.5) is 11.4 Å². The van der Waals surface area contributed by atoms with Crippen LogP contribution in [0.1, 0.15) is 89.8 Å². The van der Waals surface area contributed by atoms with Crippen LogP contribution in [0.5, 0.6) is 0 Å². The third kappa shape index (κ3) is 7.52. The Morgan fingerprint density at radius 2 is 1.65 bits per heavy atom. The van der Waals surface area contributed by atoms with Gasteiger partial charge in [0.1, 0.15) is 10.9 Å². The first-order chi connectivity index (χ1) is 22.6. The highest BCUT2D eigenvalue weighted by molar-refractivity contribution is 8.26. The van der Waals surface area contributed by atoms with Gasteiger partial charge in [-0.1, -0.05) is 87.6 Å². The predicted octanol–water partition coefficient (Wildman–Crippen LogP) is 9.48. The van der Waals surface area contributed by atoms with E-state index in [1.807, 2.05) is 12.1 Å². The largest absolute Gasteiger partial charge is 0.481 e. The molecule has 1 saturated heterocycles. The molecule has 0 aliphatic carbocycles. The molecule has 1 fully saturated rings. The zero-order valence-electron chi connectivity index (χ0n) is 28.4. The molecular weight excluding hydrogens is 641 g/mol. The second-order valence-corrected chi connectivity index (χ2v) is 16.0. The number of carboxylic acids is 2. The summed E-state index contributed by atoms with van der Waals surface area (Å²) in [6.07, 6.45) is 9.60. The molecule has 2 aliphatic heterocycles. The predicted molar refractivity (Wildman–Crippen MR) is 201 cm³/mol. The minimum Gasteiger partial charge on any atom is -0.481 e. The fraction of sp³-hybridized carbons (Fsp3) is 0.385. The number of allylic oxidation sites excluding steroid dienone is 1. The lowest BCUT2D eigenvalue weighted by Gasteiger charge is -2.28. The van der Waals surface area contributed by atoms with Crippen molar-refractivity contribution >= 4 is 80.4 Å². The van der Waals surface area contributed by atoms with E-state index in [9.17, 15) is 24.6 Å². The highest BCUT2D eigenvalue weighted by atomic mass is 32.2. The van der Waals surface area contributed by atoms with Gasteiger partial charge in [-0.15, -0.1) is 0 Å². The van der Waals surface area contributed by atoms with Crippen molar-refractivity contribution in [3.8, 4) is 0 Å². The van der Waals surface area contributed by atoms with Crippen LogP contribution in [-0.4, -0.2) is 49.9 Å². The number of hydrogen-bond acceptors (Lipinski definition) is 6. The van der Waals surface area contributed by atoms with Crippen LogP contribution in [0.2, 0.25) is 0 Å². The summed E-state index contributed by atoms with van der Waals surface area (Å²) < 4.78 is 0.263. The fourth-order valence-electron chi connectivity index (χ4n) is 6.50. The number of carbonyl (C=O) groups excluding carboxylic acids is 1. The molecule has 2 heterocycles. The van der Waals surface area contributed by atoms with Gasteiger partial charge in [0.25, 0.3) is 5.91 Å². The van der Waals surface area contributed by atoms with Gasteiger partial charge in [0.2, 0.25) is 0 Å². The molecule has 5 rings (SSSR count). The number of benzene rings is 3. The number of rotatable bonds is 12. The Labute approximate surface area is 292 Å². The average Bonchev–Trinajstić information content (AvgIpc) is 3.45. The quantitative estimate of drug-likeness (QED) is 0.144. The average molecular weight is 685 g/mol. The fourth-order valence-corrected chi connectivity index (χ4v) is 7.75. The van der Waals surface area contributed by atoms with Crippen molar-refractivity contribution in [3.05, 3.63) is 82.3 Å². The molecule has 252 valence electrons. The molecule has 0 bridgehead atoms. The normalized spacial score (nSPS) is 19.2. The van der Waals surface area contributed by atoms with E-state index in [-0.39, 0.29) is 21.7 Å². The smallest absolute Gasteiger partial charge is 0.323 e. The van der Waals surface area contributed by atoms with E-state index in [2.05, 4.69) is 93.3 Å². The summed E-state index contributed by atoms with van der Waals surface area (Å²) in [5.74, 6) is -1.91. The maximum absolute atomic E-state index is 12.9. The van der Waals surface area contributed by atoms with Gasteiger partial charge < -0.3 is 15.1 Å². The number of aliphatic carboxylic acids is 2. The minimum atomic E-state index is -1.09. The zero-order valence-corrected chi connectivity index (χ0v) is 30.1. The van der Waals surface area contributed by atoms with Crippen LogP contribution in [0, 0.1) is 10.8 Å². The van der Waals surface area contributed by atoms with E-state index < -0.39 is 23.9 Å². The van der Waals surface area contributed by atoms with E-state index in [0.717, 1.165) is 69.2 Å². The number of carbonyl (C=O) groups is 3. The molecule has 48 heavy (non-hydrogen) atoms. The first kappa shape index (κ1) is 35.4. The van der Waals surface area contributed by atoms with Crippen molar-refractivity contribution in [3.63, 3.8) is 0 Å². The molecule has 0 saturated carbocycles. The van der Waals surface area contributed by atoms with E-state index in [1.54, 1.807) is 13.8 Å². The summed E-state index contributed by atoms with van der Waals surface area (Å²) in [6.45, 7) is 11.9. The van der Waals surface area contributed by atoms with Crippen molar-refractivity contribution in [1.29, 1.82) is 0 Å². The van der Waals surface area contributed by atoms with E-state index in [4.69, 9.17) is 12.2 Å². The number of thioether (sulfide) groups is 1. The van der Waals surface area contributed by atoms with Gasteiger partial charge in [0.05, 0.1) is 10.3 Å². The summed E-state index contributed by atoms with van der Waals surface area (Å²) in [5, 5.41) is 21.0. The second-order valence-electron chi connectivity index (χ2n) is 14.3. The molecule has 3 aromatic carbocycles. The Kier molecular flexibility index (Phi) is 10.2. The zero-order chi connectivity index (χ0) is 35.0. The van der Waals surface area contributed by atoms with Crippen molar-refractivity contribution in [1.82, 2.24) is 4.90 Å². The van der Waals surface area contributed by atoms with E-state index in [0.29, 0.717) is 17.2 Å². The van der Waals surface area contributed by atoms with Gasteiger partial charge >= 0.3 is 11.9 Å². The second kappa shape index (κ2) is 13.9. The monoisotopic (exact) mass is 684 g/mol. The first-order valence-electron chi connectivity index (χ1n) is 16.5. The van der Waals surface area contributed by atoms with Crippen LogP contribution >= 0.6 is 24.0 Å². The molecule has 7 nitrogen and oxygen atoms in total. The summed E-state index contributed by atoms with van der Waals surface area (Å²) >= 11 is 6.42. The molecule has 0 spiro atoms. The van der Waals surface area contributed by atoms with E-state index >= 15 is 0 Å². The van der Waals surface area contributed by atoms with Crippen LogP contribution < -0.4 is 4.90 Å². The Morgan fingerprint density at radius 3 is 2.33 bits per heavy atom. The number of anilines is 2. The minimum absolute atomic E-state index is 0.130. The van der Waals surface area contributed by atoms with Gasteiger partial charge in [0, 0.05) is 23.3 Å². The highest BCUT2D eigenvalue weighted by Gasteiger charge is 2.37. The van der Waals surface area contributed by atoms with Crippen LogP contribution in [0.15, 0.2) is 65.6 Å². The number of hydrogen-bond donors (Lipinski definition) is 2. The van der Waals surface area contributed by atoms with Crippen molar-refractivity contribution < 1.29 is 24.6 Å². The number of nitrogens with zero attached hydrogens (tertiary/aromatic N) is 2. The SMILES string of the molecule is CCCC1c2cc(/C=C3\SC(=S)N(CC(=O)O)C3=O)ccc2N(c2ccc3cc(C=CC(C)(C)CCC(C)(C)C(=O)O)ccc3c2)C1C. The third-order valence-electron chi connectivity index (χ3n) is 9.59. The highest BCUT2D eigenvalue weighted by Crippen LogP contribution is 2.48. The molecular formula is C39H44N2O5S2. The molecule has 2 unspecified atom stereocenters. The molecule has 1 amide bonds. The topological polar surface area (TPSA) is 98.2 Å². The van der Waals surface area contributed by atoms with Crippen LogP contribution in [-0.2, 0) is 14.4 Å². The van der Waals surface area contributed by atoms with Crippen molar-refractivity contribution in [2.24, 2.45) is 10.8 Å². The maximum Gasteiger partial charge on any atom is 0.323 e. The Balaban J connectivity index is 1.39. The Bertz CT molecular complexity index is 1840. The molecule has 3 aromatic rings. The lowest BCUT2D eigenvalue weighted by atomic mass is 9.78. The first-order valence-corrected chi connectivity index (χ1v) is 17.7. The van der Waals surface area contributed by atoms with Gasteiger partial charge in [-0.2, -0.15) is 0 Å². The third-order valence-corrected chi connectivity index (χ3v) is 11.0. The summed E-state index contributed by atoms with van der Waals surface area (Å²) in [6, 6.07) is 19.6. The molecule has 0 radical (unpaired) electrons. The van der Waals surface area contributed by atoms with Crippen LogP contribution in [0.25, 0.3) is 22.9 Å². The van der Waals surface area contributed by atoms with Gasteiger partial charge in [-0.3, -0.25) is 19.3 Å². The number of fused-ring (bicyclic) bond motifs is 2. The number of thiocarbonyl (C=S) groups is 1. The van der Waals surface area contributed by atoms with Crippen LogP contribution in [0.3, 0.4) is 0 Å². The maximum atomic E-state index is 12.9. The van der Waals surface area contributed by atoms with Crippen molar-refractivity contribution in [2.75, 3.05) is 11.4 Å². The van der Waals surface area contributed by atoms with Gasteiger partial charge in [-0.25, -0.2) is 0 Å². The summed E-state index contributed by atoms with van der Waals surface area (Å²) in [7, 11) is 0. The molecule has 2 N–H and O–H groups in total. The molecule has 0 aromatic heterocycles. The molecule has 9 heteroatoms. The Morgan fingerprint density at radius 1 is 0.958 bits per heavy atom. The van der Waals surface area contributed by atoms with Gasteiger partial charge in [-0.05, 0) is 109 Å². The summed E-state index contributed by atoms with van der Waals surface area (Å²) in [4.78, 5) is 39.6. The lowest BCUT2D eigenvalue weighted by Crippen LogP contribution is -2.33. The van der Waals surface area contributed by atoms with Gasteiger partial charge in [0.15, 0.2) is 0 Å². The standard InChI is InChI=1S/C39H44N2O5S2/c1-7-8-30-24(2)41(32-14-10-26(20-31(30)32)21-33-35(44)40(23-34(42)43)37(47)48-33)29-13-12-27-19-25(9-11-28(27)22-29)15-16-38(3,4)17-18-39(5,6)36(45)46/h9-16,19-22,24,30H,7-8,17-18,23H2,1-6H3,(H,42,43)(H,45,46)/b16-15?,33-21-. The summed E-state index contributed by atoms with van der Waals surface area (Å²) in [5.41, 5.74) is 4.66. The van der Waals surface area contributed by atoms with Crippen molar-refractivity contribution in [2.45, 2.75) is 79.2 Å².